The molecule has 1 aliphatic rings. The number of halogens is 1. The van der Waals surface area contributed by atoms with Crippen LogP contribution in [0, 0.1) is 25.7 Å². The fraction of sp³-hybridized carbons (Fsp3) is 0.333. The molecule has 2 rings (SSSR count). The molecule has 0 nitrogen and oxygen atoms in total. The van der Waals surface area contributed by atoms with Crippen molar-refractivity contribution in [1.29, 1.82) is 0 Å². The van der Waals surface area contributed by atoms with Crippen LogP contribution in [0.5, 0.6) is 0 Å². The molecule has 0 N–H and O–H groups in total. The van der Waals surface area contributed by atoms with Crippen LogP contribution >= 0.6 is 22.6 Å². The second-order valence-electron chi connectivity index (χ2n) is 4.42. The molecule has 0 radical (unpaired) electrons. The lowest BCUT2D eigenvalue weighted by molar-refractivity contribution is 0.808. The first kappa shape index (κ1) is 11.7. The molecule has 1 heteroatoms. The third kappa shape index (κ3) is 2.17. The van der Waals surface area contributed by atoms with E-state index in [9.17, 15) is 0 Å². The van der Waals surface area contributed by atoms with Gasteiger partial charge in [0.1, 0.15) is 0 Å². The molecule has 0 aromatic heterocycles. The highest BCUT2D eigenvalue weighted by molar-refractivity contribution is 14.1. The molecular formula is C15H15I. The molecule has 0 fully saturated rings. The van der Waals surface area contributed by atoms with E-state index in [2.05, 4.69) is 73.4 Å². The molecule has 82 valence electrons. The third-order valence-corrected chi connectivity index (χ3v) is 4.30. The fourth-order valence-corrected chi connectivity index (χ4v) is 2.68. The van der Waals surface area contributed by atoms with E-state index < -0.39 is 0 Å². The highest BCUT2D eigenvalue weighted by atomic mass is 127. The van der Waals surface area contributed by atoms with Crippen molar-refractivity contribution in [2.75, 3.05) is 0 Å². The van der Waals surface area contributed by atoms with E-state index in [1.54, 1.807) is 0 Å². The Labute approximate surface area is 111 Å². The van der Waals surface area contributed by atoms with E-state index in [1.165, 1.54) is 25.8 Å². The van der Waals surface area contributed by atoms with Gasteiger partial charge in [-0.25, -0.2) is 0 Å². The van der Waals surface area contributed by atoms with Crippen LogP contribution < -0.4 is 0 Å². The number of benzene rings is 1. The van der Waals surface area contributed by atoms with Gasteiger partial charge in [-0.3, -0.25) is 0 Å². The maximum absolute atomic E-state index is 3.24. The molecular weight excluding hydrogens is 307 g/mol. The van der Waals surface area contributed by atoms with Gasteiger partial charge in [0.25, 0.3) is 0 Å². The molecule has 0 saturated heterocycles. The van der Waals surface area contributed by atoms with Crippen molar-refractivity contribution >= 4 is 22.6 Å². The van der Waals surface area contributed by atoms with Crippen molar-refractivity contribution in [1.82, 2.24) is 0 Å². The molecule has 0 spiro atoms. The van der Waals surface area contributed by atoms with Gasteiger partial charge in [-0.15, -0.1) is 0 Å². The minimum atomic E-state index is 0.494. The maximum Gasteiger partial charge on any atom is 0.0624 e. The van der Waals surface area contributed by atoms with Gasteiger partial charge < -0.3 is 0 Å². The number of hydrogen-bond donors (Lipinski definition) is 0. The molecule has 1 atom stereocenters. The first-order valence-electron chi connectivity index (χ1n) is 5.52. The summed E-state index contributed by atoms with van der Waals surface area (Å²) in [6, 6.07) is 6.70. The molecule has 0 aliphatic heterocycles. The van der Waals surface area contributed by atoms with Crippen LogP contribution in [0.4, 0.5) is 0 Å². The summed E-state index contributed by atoms with van der Waals surface area (Å²) >= 11 is 2.35. The van der Waals surface area contributed by atoms with Gasteiger partial charge in [0.05, 0.1) is 3.58 Å². The molecule has 1 aliphatic carbocycles. The topological polar surface area (TPSA) is 0 Å². The van der Waals surface area contributed by atoms with E-state index in [-0.39, 0.29) is 0 Å². The van der Waals surface area contributed by atoms with E-state index in [4.69, 9.17) is 0 Å². The molecule has 1 aromatic carbocycles. The molecule has 0 amide bonds. The minimum absolute atomic E-state index is 0.494. The number of aryl methyl sites for hydroxylation is 2. The summed E-state index contributed by atoms with van der Waals surface area (Å²) in [5.41, 5.74) is 5.58. The molecule has 1 unspecified atom stereocenters. The Morgan fingerprint density at radius 2 is 2.00 bits per heavy atom. The Hall–Kier alpha value is -0.750. The van der Waals surface area contributed by atoms with Crippen LogP contribution in [0.15, 0.2) is 27.4 Å². The fourth-order valence-electron chi connectivity index (χ4n) is 2.11. The summed E-state index contributed by atoms with van der Waals surface area (Å²) in [5.74, 6) is 6.92. The summed E-state index contributed by atoms with van der Waals surface area (Å²) < 4.78 is 1.22. The lowest BCUT2D eigenvalue weighted by atomic mass is 9.84. The van der Waals surface area contributed by atoms with E-state index in [0.717, 1.165) is 6.42 Å². The van der Waals surface area contributed by atoms with Crippen LogP contribution in [0.3, 0.4) is 0 Å². The van der Waals surface area contributed by atoms with Crippen molar-refractivity contribution in [2.24, 2.45) is 0 Å². The van der Waals surface area contributed by atoms with Crippen molar-refractivity contribution < 1.29 is 0 Å². The number of rotatable bonds is 1. The van der Waals surface area contributed by atoms with Gasteiger partial charge in [-0.2, -0.15) is 0 Å². The quantitative estimate of drug-likeness (QED) is 0.527. The average Bonchev–Trinajstić information content (AvgIpc) is 2.26. The molecule has 0 heterocycles. The number of allylic oxidation sites excluding steroid dienone is 2. The largest absolute Gasteiger partial charge is 0.0964 e. The molecule has 1 aromatic rings. The summed E-state index contributed by atoms with van der Waals surface area (Å²) in [5, 5.41) is 0. The second-order valence-corrected chi connectivity index (χ2v) is 5.49. The van der Waals surface area contributed by atoms with Crippen LogP contribution in [0.1, 0.15) is 36.0 Å². The van der Waals surface area contributed by atoms with Crippen LogP contribution in [-0.2, 0) is 0 Å². The van der Waals surface area contributed by atoms with E-state index in [0.29, 0.717) is 5.92 Å². The van der Waals surface area contributed by atoms with Crippen molar-refractivity contribution in [3.8, 4) is 11.8 Å². The van der Waals surface area contributed by atoms with Gasteiger partial charge in [-0.1, -0.05) is 35.6 Å². The third-order valence-electron chi connectivity index (χ3n) is 3.18. The summed E-state index contributed by atoms with van der Waals surface area (Å²) in [4.78, 5) is 0. The first-order chi connectivity index (χ1) is 7.59. The first-order valence-corrected chi connectivity index (χ1v) is 6.59. The normalized spacial score (nSPS) is 19.4. The summed E-state index contributed by atoms with van der Waals surface area (Å²) in [7, 11) is 0. The van der Waals surface area contributed by atoms with Crippen LogP contribution in [0.2, 0.25) is 0 Å². The van der Waals surface area contributed by atoms with Crippen LogP contribution in [-0.4, -0.2) is 0 Å². The number of hydrogen-bond acceptors (Lipinski definition) is 0. The lowest BCUT2D eigenvalue weighted by Gasteiger charge is -2.21. The smallest absolute Gasteiger partial charge is 0.0624 e. The zero-order valence-corrected chi connectivity index (χ0v) is 12.1. The van der Waals surface area contributed by atoms with Crippen molar-refractivity contribution in [3.63, 3.8) is 0 Å². The van der Waals surface area contributed by atoms with Gasteiger partial charge >= 0.3 is 0 Å². The SMILES string of the molecule is CC1=C(I)C#CCC1c1cc(C)ccc1C. The van der Waals surface area contributed by atoms with Gasteiger partial charge in [0.15, 0.2) is 0 Å². The summed E-state index contributed by atoms with van der Waals surface area (Å²) in [6.07, 6.45) is 0.961. The highest BCUT2D eigenvalue weighted by Crippen LogP contribution is 2.35. The predicted octanol–water partition coefficient (Wildman–Crippen LogP) is 4.50. The van der Waals surface area contributed by atoms with Crippen molar-refractivity contribution in [2.45, 2.75) is 33.1 Å². The standard InChI is InChI=1S/C15H15I/c1-10-7-8-11(2)14(9-10)13-5-4-6-15(16)12(13)3/h7-9,13H,5H2,1-3H3. The Balaban J connectivity index is 2.47. The molecule has 0 saturated carbocycles. The van der Waals surface area contributed by atoms with Crippen LogP contribution in [0.25, 0.3) is 0 Å². The lowest BCUT2D eigenvalue weighted by Crippen LogP contribution is -2.06. The van der Waals surface area contributed by atoms with Gasteiger partial charge in [-0.05, 0) is 60.1 Å². The van der Waals surface area contributed by atoms with E-state index in [1.807, 2.05) is 0 Å². The highest BCUT2D eigenvalue weighted by Gasteiger charge is 2.19. The Kier molecular flexibility index (Phi) is 3.39. The average molecular weight is 322 g/mol. The predicted molar refractivity (Wildman–Crippen MR) is 77.8 cm³/mol. The zero-order valence-electron chi connectivity index (χ0n) is 9.89. The zero-order chi connectivity index (χ0) is 11.7. The van der Waals surface area contributed by atoms with Crippen molar-refractivity contribution in [3.05, 3.63) is 44.0 Å². The maximum atomic E-state index is 3.24. The monoisotopic (exact) mass is 322 g/mol. The van der Waals surface area contributed by atoms with Gasteiger partial charge in [0, 0.05) is 12.3 Å². The summed E-state index contributed by atoms with van der Waals surface area (Å²) in [6.45, 7) is 6.56. The minimum Gasteiger partial charge on any atom is -0.0964 e. The Morgan fingerprint density at radius 1 is 1.25 bits per heavy atom. The molecule has 16 heavy (non-hydrogen) atoms. The van der Waals surface area contributed by atoms with E-state index >= 15 is 0 Å². The Bertz CT molecular complexity index is 512. The Morgan fingerprint density at radius 3 is 2.75 bits per heavy atom. The van der Waals surface area contributed by atoms with Gasteiger partial charge in [0.2, 0.25) is 0 Å². The molecule has 0 bridgehead atoms. The second kappa shape index (κ2) is 4.63.